The Labute approximate surface area is 152 Å². The van der Waals surface area contributed by atoms with Gasteiger partial charge in [0.1, 0.15) is 0 Å². The van der Waals surface area contributed by atoms with Crippen molar-refractivity contribution in [2.75, 3.05) is 31.1 Å². The number of aromatic nitrogens is 4. The summed E-state index contributed by atoms with van der Waals surface area (Å²) in [6, 6.07) is 1.81. The highest BCUT2D eigenvalue weighted by molar-refractivity contribution is 5.94. The number of carbonyl (C=O) groups is 1. The highest BCUT2D eigenvalue weighted by Crippen LogP contribution is 2.30. The third-order valence-electron chi connectivity index (χ3n) is 5.05. The molecule has 2 aliphatic rings. The maximum absolute atomic E-state index is 13.1. The molecule has 2 atom stereocenters. The molecule has 2 aliphatic heterocycles. The lowest BCUT2D eigenvalue weighted by Gasteiger charge is -2.26. The number of carbonyl (C=O) groups excluding carboxylic acids is 1. The number of nitrogens with zero attached hydrogens (tertiary/aromatic N) is 5. The van der Waals surface area contributed by atoms with Gasteiger partial charge in [-0.1, -0.05) is 0 Å². The van der Waals surface area contributed by atoms with Gasteiger partial charge in [0.05, 0.1) is 17.9 Å². The molecule has 2 aromatic heterocycles. The van der Waals surface area contributed by atoms with Crippen LogP contribution in [0.2, 0.25) is 0 Å². The molecule has 4 heterocycles. The predicted molar refractivity (Wildman–Crippen MR) is 96.0 cm³/mol. The lowest BCUT2D eigenvalue weighted by atomic mass is 9.99. The molecular weight excluding hydrogens is 332 g/mol. The van der Waals surface area contributed by atoms with Gasteiger partial charge in [-0.25, -0.2) is 9.97 Å². The third kappa shape index (κ3) is 3.16. The van der Waals surface area contributed by atoms with Gasteiger partial charge in [-0.3, -0.25) is 9.89 Å². The van der Waals surface area contributed by atoms with Crippen molar-refractivity contribution in [2.24, 2.45) is 0 Å². The van der Waals surface area contributed by atoms with E-state index >= 15 is 0 Å². The van der Waals surface area contributed by atoms with Crippen LogP contribution in [0.3, 0.4) is 0 Å². The molecule has 0 aliphatic carbocycles. The average Bonchev–Trinajstić information content (AvgIpc) is 2.91. The zero-order chi connectivity index (χ0) is 18.1. The second kappa shape index (κ2) is 7.03. The Kier molecular flexibility index (Phi) is 4.58. The van der Waals surface area contributed by atoms with E-state index in [-0.39, 0.29) is 18.1 Å². The number of rotatable bonds is 2. The van der Waals surface area contributed by atoms with E-state index in [4.69, 9.17) is 4.74 Å². The van der Waals surface area contributed by atoms with E-state index in [1.165, 1.54) is 0 Å². The Hall–Kier alpha value is -2.48. The zero-order valence-corrected chi connectivity index (χ0v) is 15.2. The van der Waals surface area contributed by atoms with Gasteiger partial charge in [0.2, 0.25) is 5.95 Å². The summed E-state index contributed by atoms with van der Waals surface area (Å²) < 4.78 is 5.82. The van der Waals surface area contributed by atoms with Gasteiger partial charge in [0, 0.05) is 50.6 Å². The molecule has 4 rings (SSSR count). The van der Waals surface area contributed by atoms with Crippen molar-refractivity contribution < 1.29 is 9.53 Å². The van der Waals surface area contributed by atoms with Gasteiger partial charge < -0.3 is 14.5 Å². The van der Waals surface area contributed by atoms with E-state index in [0.717, 1.165) is 43.1 Å². The molecule has 1 amide bonds. The SMILES string of the molecule is C[C@@H]1Cc2c(C(=O)N3CCCN(c4ncccn4)CC3)n[nH]c2[C@H](C)O1. The molecule has 0 bridgehead atoms. The Balaban J connectivity index is 1.49. The standard InChI is InChI=1S/C18H24N6O2/c1-12-11-14-15(13(2)26-12)21-22-16(14)17(25)23-7-4-8-24(10-9-23)18-19-5-3-6-20-18/h3,5-6,12-13H,4,7-11H2,1-2H3,(H,21,22)/t12-,13+/m1/s1. The van der Waals surface area contributed by atoms with Gasteiger partial charge in [-0.05, 0) is 26.3 Å². The number of aromatic amines is 1. The van der Waals surface area contributed by atoms with Crippen LogP contribution in [0.15, 0.2) is 18.5 Å². The number of fused-ring (bicyclic) bond motifs is 1. The van der Waals surface area contributed by atoms with Crippen LogP contribution in [0.5, 0.6) is 0 Å². The fraction of sp³-hybridized carbons (Fsp3) is 0.556. The minimum atomic E-state index is -0.0577. The van der Waals surface area contributed by atoms with E-state index in [1.807, 2.05) is 24.8 Å². The summed E-state index contributed by atoms with van der Waals surface area (Å²) in [6.07, 6.45) is 5.13. The smallest absolute Gasteiger partial charge is 0.274 e. The van der Waals surface area contributed by atoms with Crippen molar-refractivity contribution in [3.63, 3.8) is 0 Å². The highest BCUT2D eigenvalue weighted by atomic mass is 16.5. The number of amides is 1. The Bertz CT molecular complexity index is 777. The number of H-pyrrole nitrogens is 1. The van der Waals surface area contributed by atoms with Gasteiger partial charge in [0.25, 0.3) is 5.91 Å². The molecule has 1 saturated heterocycles. The number of anilines is 1. The van der Waals surface area contributed by atoms with Gasteiger partial charge in [-0.2, -0.15) is 5.10 Å². The summed E-state index contributed by atoms with van der Waals surface area (Å²) in [6.45, 7) is 6.94. The molecule has 1 fully saturated rings. The van der Waals surface area contributed by atoms with E-state index in [9.17, 15) is 4.79 Å². The van der Waals surface area contributed by atoms with Crippen LogP contribution in [-0.2, 0) is 11.2 Å². The summed E-state index contributed by atoms with van der Waals surface area (Å²) in [5.74, 6) is 0.721. The van der Waals surface area contributed by atoms with Crippen LogP contribution in [-0.4, -0.2) is 63.3 Å². The van der Waals surface area contributed by atoms with Crippen molar-refractivity contribution >= 4 is 11.9 Å². The van der Waals surface area contributed by atoms with Crippen molar-refractivity contribution in [1.82, 2.24) is 25.1 Å². The molecule has 8 heteroatoms. The monoisotopic (exact) mass is 356 g/mol. The first-order chi connectivity index (χ1) is 12.6. The zero-order valence-electron chi connectivity index (χ0n) is 15.2. The molecule has 0 radical (unpaired) electrons. The lowest BCUT2D eigenvalue weighted by molar-refractivity contribution is -0.00701. The molecule has 2 aromatic rings. The van der Waals surface area contributed by atoms with Crippen LogP contribution in [0.25, 0.3) is 0 Å². The summed E-state index contributed by atoms with van der Waals surface area (Å²) in [7, 11) is 0. The molecule has 26 heavy (non-hydrogen) atoms. The van der Waals surface area contributed by atoms with Crippen LogP contribution in [0.4, 0.5) is 5.95 Å². The molecule has 0 aromatic carbocycles. The molecule has 1 N–H and O–H groups in total. The first kappa shape index (κ1) is 17.0. The molecular formula is C18H24N6O2. The maximum atomic E-state index is 13.1. The summed E-state index contributed by atoms with van der Waals surface area (Å²) >= 11 is 0. The second-order valence-electron chi connectivity index (χ2n) is 6.94. The summed E-state index contributed by atoms with van der Waals surface area (Å²) in [5, 5.41) is 7.34. The van der Waals surface area contributed by atoms with Crippen LogP contribution in [0, 0.1) is 0 Å². The highest BCUT2D eigenvalue weighted by Gasteiger charge is 2.32. The summed E-state index contributed by atoms with van der Waals surface area (Å²) in [4.78, 5) is 25.8. The minimum Gasteiger partial charge on any atom is -0.369 e. The largest absolute Gasteiger partial charge is 0.369 e. The second-order valence-corrected chi connectivity index (χ2v) is 6.94. The van der Waals surface area contributed by atoms with E-state index in [1.54, 1.807) is 12.4 Å². The van der Waals surface area contributed by atoms with E-state index in [0.29, 0.717) is 18.8 Å². The Morgan fingerprint density at radius 3 is 2.81 bits per heavy atom. The fourth-order valence-electron chi connectivity index (χ4n) is 3.78. The van der Waals surface area contributed by atoms with Crippen molar-refractivity contribution in [3.05, 3.63) is 35.4 Å². The van der Waals surface area contributed by atoms with Gasteiger partial charge in [0.15, 0.2) is 5.69 Å². The van der Waals surface area contributed by atoms with Crippen LogP contribution >= 0.6 is 0 Å². The number of ether oxygens (including phenoxy) is 1. The lowest BCUT2D eigenvalue weighted by Crippen LogP contribution is -2.36. The Morgan fingerprint density at radius 2 is 2.00 bits per heavy atom. The maximum Gasteiger partial charge on any atom is 0.274 e. The summed E-state index contributed by atoms with van der Waals surface area (Å²) in [5.41, 5.74) is 2.49. The van der Waals surface area contributed by atoms with E-state index < -0.39 is 0 Å². The van der Waals surface area contributed by atoms with Crippen molar-refractivity contribution in [2.45, 2.75) is 38.9 Å². The minimum absolute atomic E-state index is 0.000343. The molecule has 0 spiro atoms. The number of hydrogen-bond donors (Lipinski definition) is 1. The van der Waals surface area contributed by atoms with Crippen LogP contribution < -0.4 is 4.90 Å². The van der Waals surface area contributed by atoms with Crippen molar-refractivity contribution in [3.8, 4) is 0 Å². The van der Waals surface area contributed by atoms with Gasteiger partial charge in [-0.15, -0.1) is 0 Å². The quantitative estimate of drug-likeness (QED) is 0.879. The molecule has 0 saturated carbocycles. The molecule has 8 nitrogen and oxygen atoms in total. The number of nitrogens with one attached hydrogen (secondary N) is 1. The average molecular weight is 356 g/mol. The predicted octanol–water partition coefficient (Wildman–Crippen LogP) is 1.57. The first-order valence-electron chi connectivity index (χ1n) is 9.17. The normalized spacial score (nSPS) is 23.5. The Morgan fingerprint density at radius 1 is 1.19 bits per heavy atom. The number of hydrogen-bond acceptors (Lipinski definition) is 6. The van der Waals surface area contributed by atoms with Crippen molar-refractivity contribution in [1.29, 1.82) is 0 Å². The fourth-order valence-corrected chi connectivity index (χ4v) is 3.78. The molecule has 0 unspecified atom stereocenters. The van der Waals surface area contributed by atoms with Gasteiger partial charge >= 0.3 is 0 Å². The van der Waals surface area contributed by atoms with E-state index in [2.05, 4.69) is 25.1 Å². The third-order valence-corrected chi connectivity index (χ3v) is 5.05. The van der Waals surface area contributed by atoms with Crippen LogP contribution in [0.1, 0.15) is 48.1 Å². The first-order valence-corrected chi connectivity index (χ1v) is 9.17. The molecule has 138 valence electrons. The topological polar surface area (TPSA) is 87.2 Å².